The van der Waals surface area contributed by atoms with E-state index < -0.39 is 10.0 Å². The van der Waals surface area contributed by atoms with Gasteiger partial charge in [0.2, 0.25) is 5.88 Å². The molecule has 0 aliphatic carbocycles. The summed E-state index contributed by atoms with van der Waals surface area (Å²) in [5, 5.41) is 4.86. The lowest BCUT2D eigenvalue weighted by Gasteiger charge is -2.06. The second-order valence-corrected chi connectivity index (χ2v) is 8.74. The molecule has 3 aromatic carbocycles. The lowest BCUT2D eigenvalue weighted by atomic mass is 10.2. The van der Waals surface area contributed by atoms with Crippen LogP contribution in [0.4, 0.5) is 0 Å². The number of aromatic nitrogens is 2. The summed E-state index contributed by atoms with van der Waals surface area (Å²) in [5.41, 5.74) is 2.44. The molecule has 7 heteroatoms. The summed E-state index contributed by atoms with van der Waals surface area (Å²) in [6, 6.07) is 21.6. The fraction of sp³-hybridized carbons (Fsp3) is 0.125. The van der Waals surface area contributed by atoms with Crippen LogP contribution in [0.25, 0.3) is 17.0 Å². The second kappa shape index (κ2) is 8.65. The van der Waals surface area contributed by atoms with E-state index in [0.717, 1.165) is 15.2 Å². The fourth-order valence-electron chi connectivity index (χ4n) is 3.15. The molecule has 1 aromatic heterocycles. The highest BCUT2D eigenvalue weighted by Gasteiger charge is 2.24. The molecule has 158 valence electrons. The van der Waals surface area contributed by atoms with E-state index in [4.69, 9.17) is 9.47 Å². The Bertz CT molecular complexity index is 1330. The summed E-state index contributed by atoms with van der Waals surface area (Å²) in [6.07, 6.45) is 3.79. The van der Waals surface area contributed by atoms with Crippen LogP contribution in [0.1, 0.15) is 11.1 Å². The third kappa shape index (κ3) is 4.32. The molecule has 0 aliphatic rings. The van der Waals surface area contributed by atoms with Crippen molar-refractivity contribution < 1.29 is 17.9 Å². The van der Waals surface area contributed by atoms with E-state index in [1.54, 1.807) is 49.6 Å². The van der Waals surface area contributed by atoms with Gasteiger partial charge in [0, 0.05) is 0 Å². The van der Waals surface area contributed by atoms with E-state index in [1.165, 1.54) is 0 Å². The molecule has 0 unspecified atom stereocenters. The molecule has 31 heavy (non-hydrogen) atoms. The molecular formula is C24H22N2O4S. The first-order valence-corrected chi connectivity index (χ1v) is 11.2. The topological polar surface area (TPSA) is 70.4 Å². The second-order valence-electron chi connectivity index (χ2n) is 6.97. The Morgan fingerprint density at radius 2 is 1.74 bits per heavy atom. The predicted molar refractivity (Wildman–Crippen MR) is 121 cm³/mol. The number of nitrogens with zero attached hydrogens (tertiary/aromatic N) is 2. The number of fused-ring (bicyclic) bond motifs is 1. The zero-order valence-corrected chi connectivity index (χ0v) is 18.0. The highest BCUT2D eigenvalue weighted by molar-refractivity contribution is 7.90. The van der Waals surface area contributed by atoms with Gasteiger partial charge in [-0.05, 0) is 48.9 Å². The summed E-state index contributed by atoms with van der Waals surface area (Å²) in [5.74, 6) is 0.812. The smallest absolute Gasteiger partial charge is 0.283 e. The first-order valence-electron chi connectivity index (χ1n) is 9.72. The molecule has 0 saturated heterocycles. The van der Waals surface area contributed by atoms with Gasteiger partial charge in [-0.3, -0.25) is 0 Å². The van der Waals surface area contributed by atoms with Crippen LogP contribution in [0.15, 0.2) is 83.8 Å². The Balaban J connectivity index is 1.70. The molecule has 0 radical (unpaired) electrons. The maximum atomic E-state index is 13.2. The lowest BCUT2D eigenvalue weighted by molar-refractivity contribution is 0.350. The zero-order valence-electron chi connectivity index (χ0n) is 17.2. The van der Waals surface area contributed by atoms with Gasteiger partial charge in [0.25, 0.3) is 10.0 Å². The molecule has 0 N–H and O–H groups in total. The Hall–Kier alpha value is -3.58. The van der Waals surface area contributed by atoms with E-state index in [9.17, 15) is 8.42 Å². The summed E-state index contributed by atoms with van der Waals surface area (Å²) in [4.78, 5) is 0.161. The minimum atomic E-state index is -3.89. The highest BCUT2D eigenvalue weighted by Crippen LogP contribution is 2.31. The average Bonchev–Trinajstić information content (AvgIpc) is 3.16. The molecule has 0 bridgehead atoms. The van der Waals surface area contributed by atoms with Gasteiger partial charge in [-0.15, -0.1) is 9.19 Å². The predicted octanol–water partition coefficient (Wildman–Crippen LogP) is 4.68. The first-order chi connectivity index (χ1) is 15.0. The first kappa shape index (κ1) is 20.7. The van der Waals surface area contributed by atoms with Crippen LogP contribution >= 0.6 is 0 Å². The Morgan fingerprint density at radius 1 is 1.00 bits per heavy atom. The molecule has 0 amide bonds. The van der Waals surface area contributed by atoms with Crippen LogP contribution in [0.3, 0.4) is 0 Å². The number of aryl methyl sites for hydroxylation is 1. The number of rotatable bonds is 7. The van der Waals surface area contributed by atoms with Crippen molar-refractivity contribution in [1.82, 2.24) is 9.19 Å². The van der Waals surface area contributed by atoms with Crippen LogP contribution in [-0.4, -0.2) is 31.3 Å². The summed E-state index contributed by atoms with van der Waals surface area (Å²) < 4.78 is 38.6. The van der Waals surface area contributed by atoms with E-state index >= 15 is 0 Å². The van der Waals surface area contributed by atoms with Crippen molar-refractivity contribution in [3.05, 3.63) is 90.0 Å². The average molecular weight is 435 g/mol. The molecule has 1 heterocycles. The monoisotopic (exact) mass is 434 g/mol. The number of ether oxygens (including phenoxy) is 2. The minimum absolute atomic E-state index is 0.161. The zero-order chi connectivity index (χ0) is 21.8. The summed E-state index contributed by atoms with van der Waals surface area (Å²) in [6.45, 7) is 2.14. The van der Waals surface area contributed by atoms with Gasteiger partial charge in [0.1, 0.15) is 12.4 Å². The molecule has 4 rings (SSSR count). The normalized spacial score (nSPS) is 11.8. The third-order valence-electron chi connectivity index (χ3n) is 4.79. The quantitative estimate of drug-likeness (QED) is 0.422. The van der Waals surface area contributed by atoms with Gasteiger partial charge in [-0.2, -0.15) is 8.42 Å². The van der Waals surface area contributed by atoms with Crippen LogP contribution in [0, 0.1) is 6.92 Å². The van der Waals surface area contributed by atoms with Crippen molar-refractivity contribution in [2.75, 3.05) is 13.7 Å². The number of hydrogen-bond acceptors (Lipinski definition) is 5. The van der Waals surface area contributed by atoms with E-state index in [2.05, 4.69) is 5.10 Å². The molecule has 0 fully saturated rings. The van der Waals surface area contributed by atoms with Crippen LogP contribution in [0.2, 0.25) is 0 Å². The van der Waals surface area contributed by atoms with Gasteiger partial charge >= 0.3 is 0 Å². The van der Waals surface area contributed by atoms with Crippen molar-refractivity contribution in [2.45, 2.75) is 11.8 Å². The standard InChI is InChI=1S/C24H22N2O4S/c1-18-10-13-21(14-11-18)31(27,28)26-23-15-12-20(29-2)17-22(23)24(25-26)30-16-6-9-19-7-4-3-5-8-19/h3-15,17H,16H2,1-2H3/b9-6+. The van der Waals surface area contributed by atoms with E-state index in [0.29, 0.717) is 16.7 Å². The summed E-state index contributed by atoms with van der Waals surface area (Å²) >= 11 is 0. The molecular weight excluding hydrogens is 412 g/mol. The molecule has 0 atom stereocenters. The van der Waals surface area contributed by atoms with Crippen molar-refractivity contribution >= 4 is 27.0 Å². The molecule has 6 nitrogen and oxygen atoms in total. The molecule has 0 aliphatic heterocycles. The van der Waals surface area contributed by atoms with Gasteiger partial charge in [0.05, 0.1) is 22.9 Å². The largest absolute Gasteiger partial charge is 0.497 e. The van der Waals surface area contributed by atoms with Gasteiger partial charge in [-0.1, -0.05) is 54.1 Å². The molecule has 0 spiro atoms. The molecule has 4 aromatic rings. The Labute approximate surface area is 181 Å². The SMILES string of the molecule is COc1ccc2c(c1)c(OC/C=C/c1ccccc1)nn2S(=O)(=O)c1ccc(C)cc1. The van der Waals surface area contributed by atoms with E-state index in [-0.39, 0.29) is 17.4 Å². The summed E-state index contributed by atoms with van der Waals surface area (Å²) in [7, 11) is -2.33. The number of hydrogen-bond donors (Lipinski definition) is 0. The Kier molecular flexibility index (Phi) is 5.77. The minimum Gasteiger partial charge on any atom is -0.497 e. The van der Waals surface area contributed by atoms with Crippen LogP contribution in [0.5, 0.6) is 11.6 Å². The maximum Gasteiger partial charge on any atom is 0.283 e. The lowest BCUT2D eigenvalue weighted by Crippen LogP contribution is -2.14. The van der Waals surface area contributed by atoms with Crippen molar-refractivity contribution in [1.29, 1.82) is 0 Å². The van der Waals surface area contributed by atoms with E-state index in [1.807, 2.05) is 49.4 Å². The molecule has 0 saturated carbocycles. The van der Waals surface area contributed by atoms with Gasteiger partial charge < -0.3 is 9.47 Å². The fourth-order valence-corrected chi connectivity index (χ4v) is 4.43. The maximum absolute atomic E-state index is 13.2. The van der Waals surface area contributed by atoms with Gasteiger partial charge in [0.15, 0.2) is 0 Å². The van der Waals surface area contributed by atoms with Crippen molar-refractivity contribution in [2.24, 2.45) is 0 Å². The number of benzene rings is 3. The van der Waals surface area contributed by atoms with Crippen molar-refractivity contribution in [3.63, 3.8) is 0 Å². The third-order valence-corrected chi connectivity index (χ3v) is 6.40. The van der Waals surface area contributed by atoms with Crippen molar-refractivity contribution in [3.8, 4) is 11.6 Å². The van der Waals surface area contributed by atoms with Crippen LogP contribution < -0.4 is 9.47 Å². The van der Waals surface area contributed by atoms with Gasteiger partial charge in [-0.25, -0.2) is 0 Å². The number of methoxy groups -OCH3 is 1. The highest BCUT2D eigenvalue weighted by atomic mass is 32.2. The van der Waals surface area contributed by atoms with Crippen LogP contribution in [-0.2, 0) is 10.0 Å². The Morgan fingerprint density at radius 3 is 2.45 bits per heavy atom.